The molecule has 1 aliphatic carbocycles. The van der Waals surface area contributed by atoms with Crippen LogP contribution in [0.2, 0.25) is 10.0 Å². The molecule has 19 heavy (non-hydrogen) atoms. The second kappa shape index (κ2) is 5.39. The van der Waals surface area contributed by atoms with Crippen molar-refractivity contribution in [3.63, 3.8) is 0 Å². The molecular weight excluding hydrogens is 289 g/mol. The predicted octanol–water partition coefficient (Wildman–Crippen LogP) is 2.89. The van der Waals surface area contributed by atoms with Crippen LogP contribution in [0.25, 0.3) is 0 Å². The molecule has 0 heterocycles. The number of nitrogens with one attached hydrogen (secondary N) is 1. The zero-order valence-corrected chi connectivity index (χ0v) is 11.7. The summed E-state index contributed by atoms with van der Waals surface area (Å²) >= 11 is 11.9. The Morgan fingerprint density at radius 3 is 2.58 bits per heavy atom. The Hall–Kier alpha value is -1.26. The standard InChI is InChI=1S/C13H13Cl2NO3/c1-6(8-3-2-7(14)4-11(8)15)16-12(17)9-5-10(9)13(18)19/h2-4,6,9-10H,5H2,1H3,(H,16,17)(H,18,19). The van der Waals surface area contributed by atoms with Gasteiger partial charge in [-0.1, -0.05) is 29.3 Å². The van der Waals surface area contributed by atoms with Gasteiger partial charge >= 0.3 is 5.97 Å². The van der Waals surface area contributed by atoms with Gasteiger partial charge in [0.25, 0.3) is 0 Å². The average molecular weight is 302 g/mol. The maximum Gasteiger partial charge on any atom is 0.307 e. The molecular formula is C13H13Cl2NO3. The van der Waals surface area contributed by atoms with E-state index in [0.717, 1.165) is 5.56 Å². The minimum Gasteiger partial charge on any atom is -0.481 e. The molecule has 0 bridgehead atoms. The van der Waals surface area contributed by atoms with E-state index in [1.54, 1.807) is 25.1 Å². The number of hydrogen-bond acceptors (Lipinski definition) is 2. The van der Waals surface area contributed by atoms with Gasteiger partial charge in [0, 0.05) is 10.0 Å². The first-order valence-electron chi connectivity index (χ1n) is 5.88. The number of benzene rings is 1. The van der Waals surface area contributed by atoms with Crippen LogP contribution in [-0.4, -0.2) is 17.0 Å². The first-order valence-corrected chi connectivity index (χ1v) is 6.64. The number of carbonyl (C=O) groups excluding carboxylic acids is 1. The van der Waals surface area contributed by atoms with Crippen molar-refractivity contribution in [2.24, 2.45) is 11.8 Å². The molecule has 1 amide bonds. The number of aliphatic carboxylic acids is 1. The SMILES string of the molecule is CC(NC(=O)C1CC1C(=O)O)c1ccc(Cl)cc1Cl. The van der Waals surface area contributed by atoms with E-state index in [1.807, 2.05) is 0 Å². The highest BCUT2D eigenvalue weighted by atomic mass is 35.5. The van der Waals surface area contributed by atoms with Gasteiger partial charge in [-0.25, -0.2) is 0 Å². The molecule has 3 unspecified atom stereocenters. The zero-order valence-electron chi connectivity index (χ0n) is 10.2. The molecule has 1 saturated carbocycles. The molecule has 1 fully saturated rings. The van der Waals surface area contributed by atoms with Crippen LogP contribution >= 0.6 is 23.2 Å². The first kappa shape index (κ1) is 14.2. The second-order valence-electron chi connectivity index (χ2n) is 4.68. The minimum atomic E-state index is -0.919. The minimum absolute atomic E-state index is 0.245. The van der Waals surface area contributed by atoms with Crippen LogP contribution in [-0.2, 0) is 9.59 Å². The normalized spacial score (nSPS) is 22.7. The lowest BCUT2D eigenvalue weighted by molar-refractivity contribution is -0.140. The van der Waals surface area contributed by atoms with Crippen LogP contribution in [0.5, 0.6) is 0 Å². The van der Waals surface area contributed by atoms with Crippen LogP contribution in [0.15, 0.2) is 18.2 Å². The van der Waals surface area contributed by atoms with Crippen molar-refractivity contribution in [1.82, 2.24) is 5.32 Å². The molecule has 3 atom stereocenters. The van der Waals surface area contributed by atoms with Crippen molar-refractivity contribution in [3.8, 4) is 0 Å². The zero-order chi connectivity index (χ0) is 14.2. The summed E-state index contributed by atoms with van der Waals surface area (Å²) in [5.41, 5.74) is 0.756. The van der Waals surface area contributed by atoms with Gasteiger partial charge in [-0.15, -0.1) is 0 Å². The molecule has 0 spiro atoms. The van der Waals surface area contributed by atoms with Gasteiger partial charge in [0.2, 0.25) is 5.91 Å². The van der Waals surface area contributed by atoms with Crippen molar-refractivity contribution in [2.45, 2.75) is 19.4 Å². The lowest BCUT2D eigenvalue weighted by Crippen LogP contribution is -2.29. The van der Waals surface area contributed by atoms with Crippen LogP contribution in [0.1, 0.15) is 24.9 Å². The van der Waals surface area contributed by atoms with Crippen molar-refractivity contribution >= 4 is 35.1 Å². The van der Waals surface area contributed by atoms with Gasteiger partial charge in [-0.3, -0.25) is 9.59 Å². The third-order valence-electron chi connectivity index (χ3n) is 3.23. The maximum absolute atomic E-state index is 11.8. The van der Waals surface area contributed by atoms with E-state index in [4.69, 9.17) is 28.3 Å². The fourth-order valence-electron chi connectivity index (χ4n) is 2.01. The molecule has 2 N–H and O–H groups in total. The summed E-state index contributed by atoms with van der Waals surface area (Å²) in [7, 11) is 0. The third kappa shape index (κ3) is 3.19. The first-order chi connectivity index (χ1) is 8.90. The Kier molecular flexibility index (Phi) is 4.02. The van der Waals surface area contributed by atoms with E-state index in [2.05, 4.69) is 5.32 Å². The van der Waals surface area contributed by atoms with Crippen LogP contribution in [0.3, 0.4) is 0 Å². The van der Waals surface area contributed by atoms with Crippen molar-refractivity contribution < 1.29 is 14.7 Å². The molecule has 0 saturated heterocycles. The Labute approximate surface area is 120 Å². The lowest BCUT2D eigenvalue weighted by atomic mass is 10.1. The molecule has 0 radical (unpaired) electrons. The second-order valence-corrected chi connectivity index (χ2v) is 5.53. The fraction of sp³-hybridized carbons (Fsp3) is 0.385. The van der Waals surface area contributed by atoms with Gasteiger partial charge in [-0.05, 0) is 31.0 Å². The van der Waals surface area contributed by atoms with Gasteiger partial charge in [0.15, 0.2) is 0 Å². The summed E-state index contributed by atoms with van der Waals surface area (Å²) in [4.78, 5) is 22.5. The van der Waals surface area contributed by atoms with E-state index in [0.29, 0.717) is 16.5 Å². The fourth-order valence-corrected chi connectivity index (χ4v) is 2.58. The Balaban J connectivity index is 2.00. The molecule has 0 aliphatic heterocycles. The van der Waals surface area contributed by atoms with Crippen molar-refractivity contribution in [1.29, 1.82) is 0 Å². The van der Waals surface area contributed by atoms with Gasteiger partial charge in [0.05, 0.1) is 17.9 Å². The maximum atomic E-state index is 11.8. The lowest BCUT2D eigenvalue weighted by Gasteiger charge is -2.15. The Morgan fingerprint density at radius 1 is 1.37 bits per heavy atom. The highest BCUT2D eigenvalue weighted by molar-refractivity contribution is 6.35. The van der Waals surface area contributed by atoms with Gasteiger partial charge in [-0.2, -0.15) is 0 Å². The quantitative estimate of drug-likeness (QED) is 0.898. The molecule has 1 aliphatic rings. The summed E-state index contributed by atoms with van der Waals surface area (Å²) in [6.45, 7) is 1.80. The average Bonchev–Trinajstić information content (AvgIpc) is 3.08. The molecule has 2 rings (SSSR count). The molecule has 102 valence electrons. The van der Waals surface area contributed by atoms with Gasteiger partial charge < -0.3 is 10.4 Å². The largest absolute Gasteiger partial charge is 0.481 e. The summed E-state index contributed by atoms with van der Waals surface area (Å²) in [6.07, 6.45) is 0.405. The smallest absolute Gasteiger partial charge is 0.307 e. The summed E-state index contributed by atoms with van der Waals surface area (Å²) in [6, 6.07) is 4.77. The number of carboxylic acids is 1. The number of amides is 1. The molecule has 0 aromatic heterocycles. The summed E-state index contributed by atoms with van der Waals surface area (Å²) < 4.78 is 0. The molecule has 4 nitrogen and oxygen atoms in total. The Bertz CT molecular complexity index is 533. The summed E-state index contributed by atoms with van der Waals surface area (Å²) in [5, 5.41) is 12.6. The highest BCUT2D eigenvalue weighted by Gasteiger charge is 2.48. The van der Waals surface area contributed by atoms with E-state index >= 15 is 0 Å². The van der Waals surface area contributed by atoms with E-state index in [9.17, 15) is 9.59 Å². The van der Waals surface area contributed by atoms with Crippen LogP contribution in [0.4, 0.5) is 0 Å². The van der Waals surface area contributed by atoms with Crippen molar-refractivity contribution in [2.75, 3.05) is 0 Å². The monoisotopic (exact) mass is 301 g/mol. The van der Waals surface area contributed by atoms with Crippen LogP contribution < -0.4 is 5.32 Å². The third-order valence-corrected chi connectivity index (χ3v) is 3.79. The number of carboxylic acid groups (broad SMARTS) is 1. The summed E-state index contributed by atoms with van der Waals surface area (Å²) in [5.74, 6) is -2.14. The number of carbonyl (C=O) groups is 2. The topological polar surface area (TPSA) is 66.4 Å². The van der Waals surface area contributed by atoms with Crippen molar-refractivity contribution in [3.05, 3.63) is 33.8 Å². The van der Waals surface area contributed by atoms with E-state index in [-0.39, 0.29) is 11.9 Å². The van der Waals surface area contributed by atoms with E-state index in [1.165, 1.54) is 0 Å². The van der Waals surface area contributed by atoms with E-state index < -0.39 is 17.8 Å². The molecule has 6 heteroatoms. The number of halogens is 2. The van der Waals surface area contributed by atoms with Crippen LogP contribution in [0, 0.1) is 11.8 Å². The number of rotatable bonds is 4. The number of hydrogen-bond donors (Lipinski definition) is 2. The Morgan fingerprint density at radius 2 is 2.05 bits per heavy atom. The predicted molar refractivity (Wildman–Crippen MR) is 72.3 cm³/mol. The molecule has 1 aromatic carbocycles. The van der Waals surface area contributed by atoms with Gasteiger partial charge in [0.1, 0.15) is 0 Å². The molecule has 1 aromatic rings. The highest BCUT2D eigenvalue weighted by Crippen LogP contribution is 2.39.